The maximum Gasteiger partial charge on any atom is 0.244 e. The molecule has 2 N–H and O–H groups in total. The number of nitrogens with zero attached hydrogens (tertiary/aromatic N) is 1. The molecule has 0 saturated carbocycles. The normalized spacial score (nSPS) is 16.6. The third-order valence-corrected chi connectivity index (χ3v) is 4.06. The Bertz CT molecular complexity index is 644. The number of rotatable bonds is 2. The number of aryl methyl sites for hydroxylation is 1. The molecule has 2 aromatic carbocycles. The van der Waals surface area contributed by atoms with Gasteiger partial charge in [0.05, 0.1) is 0 Å². The maximum absolute atomic E-state index is 12.3. The minimum absolute atomic E-state index is 0.0500. The Balaban J connectivity index is 1.89. The third kappa shape index (κ3) is 2.41. The van der Waals surface area contributed by atoms with Gasteiger partial charge in [0, 0.05) is 13.1 Å². The molecule has 1 aliphatic rings. The molecule has 1 fully saturated rings. The van der Waals surface area contributed by atoms with E-state index in [1.54, 1.807) is 0 Å². The molecule has 0 radical (unpaired) electrons. The average Bonchev–Trinajstić information content (AvgIpc) is 2.99. The molecule has 3 heteroatoms. The number of likely N-dealkylation sites (tertiary alicyclic amines) is 1. The van der Waals surface area contributed by atoms with Gasteiger partial charge in [0.1, 0.15) is 6.04 Å². The van der Waals surface area contributed by atoms with Crippen molar-refractivity contribution in [3.05, 3.63) is 47.5 Å². The van der Waals surface area contributed by atoms with E-state index in [1.807, 2.05) is 17.0 Å². The number of amides is 1. The van der Waals surface area contributed by atoms with Crippen molar-refractivity contribution in [1.29, 1.82) is 0 Å². The second-order valence-corrected chi connectivity index (χ2v) is 5.62. The fourth-order valence-corrected chi connectivity index (χ4v) is 2.85. The van der Waals surface area contributed by atoms with Crippen molar-refractivity contribution in [1.82, 2.24) is 4.90 Å². The Morgan fingerprint density at radius 2 is 1.75 bits per heavy atom. The predicted molar refractivity (Wildman–Crippen MR) is 81.4 cm³/mol. The third-order valence-electron chi connectivity index (χ3n) is 4.06. The molecule has 20 heavy (non-hydrogen) atoms. The van der Waals surface area contributed by atoms with Gasteiger partial charge in [-0.25, -0.2) is 0 Å². The van der Waals surface area contributed by atoms with Gasteiger partial charge >= 0.3 is 0 Å². The summed E-state index contributed by atoms with van der Waals surface area (Å²) < 4.78 is 0. The van der Waals surface area contributed by atoms with E-state index in [-0.39, 0.29) is 5.91 Å². The number of hydrogen-bond acceptors (Lipinski definition) is 2. The molecule has 104 valence electrons. The van der Waals surface area contributed by atoms with Crippen LogP contribution in [-0.2, 0) is 4.79 Å². The molecule has 3 nitrogen and oxygen atoms in total. The maximum atomic E-state index is 12.3. The Kier molecular flexibility index (Phi) is 3.45. The summed E-state index contributed by atoms with van der Waals surface area (Å²) in [5.41, 5.74) is 8.29. The smallest absolute Gasteiger partial charge is 0.244 e. The average molecular weight is 268 g/mol. The van der Waals surface area contributed by atoms with Crippen LogP contribution in [0.4, 0.5) is 0 Å². The summed E-state index contributed by atoms with van der Waals surface area (Å²) in [5.74, 6) is 0.0500. The van der Waals surface area contributed by atoms with Crippen molar-refractivity contribution in [2.45, 2.75) is 25.8 Å². The zero-order chi connectivity index (χ0) is 14.1. The van der Waals surface area contributed by atoms with Gasteiger partial charge in [0.2, 0.25) is 5.91 Å². The molecular weight excluding hydrogens is 248 g/mol. The molecule has 1 saturated heterocycles. The van der Waals surface area contributed by atoms with Gasteiger partial charge in [-0.1, -0.05) is 35.9 Å². The lowest BCUT2D eigenvalue weighted by Gasteiger charge is -2.20. The topological polar surface area (TPSA) is 46.3 Å². The van der Waals surface area contributed by atoms with Gasteiger partial charge in [-0.15, -0.1) is 0 Å². The molecule has 1 aliphatic heterocycles. The van der Waals surface area contributed by atoms with Crippen LogP contribution >= 0.6 is 0 Å². The quantitative estimate of drug-likeness (QED) is 0.910. The van der Waals surface area contributed by atoms with Crippen LogP contribution in [0.1, 0.15) is 30.0 Å². The van der Waals surface area contributed by atoms with E-state index in [2.05, 4.69) is 31.2 Å². The number of fused-ring (bicyclic) bond motifs is 1. The van der Waals surface area contributed by atoms with E-state index in [1.165, 1.54) is 10.9 Å². The van der Waals surface area contributed by atoms with Crippen molar-refractivity contribution in [2.75, 3.05) is 13.1 Å². The van der Waals surface area contributed by atoms with E-state index in [0.29, 0.717) is 0 Å². The molecular formula is C17H20N2O. The first-order chi connectivity index (χ1) is 9.65. The number of nitrogens with two attached hydrogens (primary N) is 1. The highest BCUT2D eigenvalue weighted by Crippen LogP contribution is 2.22. The molecule has 0 aliphatic carbocycles. The minimum Gasteiger partial charge on any atom is -0.341 e. The Hall–Kier alpha value is -1.87. The first kappa shape index (κ1) is 13.1. The summed E-state index contributed by atoms with van der Waals surface area (Å²) in [7, 11) is 0. The van der Waals surface area contributed by atoms with Crippen LogP contribution in [0, 0.1) is 6.92 Å². The Morgan fingerprint density at radius 1 is 1.10 bits per heavy atom. The summed E-state index contributed by atoms with van der Waals surface area (Å²) in [6.45, 7) is 3.77. The molecule has 1 heterocycles. The highest BCUT2D eigenvalue weighted by molar-refractivity contribution is 5.88. The van der Waals surface area contributed by atoms with Crippen molar-refractivity contribution in [2.24, 2.45) is 5.73 Å². The standard InChI is InChI=1S/C17H20N2O/c1-12-4-5-14-11-15(7-6-13(14)10-12)16(18)17(20)19-8-2-3-9-19/h4-7,10-11,16H,2-3,8-9,18H2,1H3. The summed E-state index contributed by atoms with van der Waals surface area (Å²) in [5, 5.41) is 2.33. The Morgan fingerprint density at radius 3 is 2.50 bits per heavy atom. The summed E-state index contributed by atoms with van der Waals surface area (Å²) in [6.07, 6.45) is 2.19. The molecule has 1 atom stereocenters. The number of carbonyl (C=O) groups is 1. The second kappa shape index (κ2) is 5.25. The minimum atomic E-state index is -0.543. The van der Waals surface area contributed by atoms with Crippen LogP contribution in [-0.4, -0.2) is 23.9 Å². The van der Waals surface area contributed by atoms with Gasteiger partial charge in [-0.05, 0) is 42.2 Å². The molecule has 2 aromatic rings. The van der Waals surface area contributed by atoms with E-state index in [0.717, 1.165) is 36.9 Å². The van der Waals surface area contributed by atoms with E-state index < -0.39 is 6.04 Å². The van der Waals surface area contributed by atoms with Crippen LogP contribution in [0.15, 0.2) is 36.4 Å². The summed E-state index contributed by atoms with van der Waals surface area (Å²) in [6, 6.07) is 11.8. The van der Waals surface area contributed by atoms with Crippen molar-refractivity contribution < 1.29 is 4.79 Å². The van der Waals surface area contributed by atoms with Gasteiger partial charge in [-0.3, -0.25) is 4.79 Å². The predicted octanol–water partition coefficient (Wildman–Crippen LogP) is 2.77. The molecule has 1 amide bonds. The van der Waals surface area contributed by atoms with E-state index >= 15 is 0 Å². The SMILES string of the molecule is Cc1ccc2cc(C(N)C(=O)N3CCCC3)ccc2c1. The van der Waals surface area contributed by atoms with E-state index in [4.69, 9.17) is 5.73 Å². The van der Waals surface area contributed by atoms with Crippen molar-refractivity contribution in [3.8, 4) is 0 Å². The lowest BCUT2D eigenvalue weighted by atomic mass is 10.0. The first-order valence-corrected chi connectivity index (χ1v) is 7.20. The van der Waals surface area contributed by atoms with Crippen molar-refractivity contribution >= 4 is 16.7 Å². The van der Waals surface area contributed by atoms with Gasteiger partial charge < -0.3 is 10.6 Å². The second-order valence-electron chi connectivity index (χ2n) is 5.62. The largest absolute Gasteiger partial charge is 0.341 e. The molecule has 1 unspecified atom stereocenters. The molecule has 0 bridgehead atoms. The highest BCUT2D eigenvalue weighted by Gasteiger charge is 2.24. The molecule has 3 rings (SSSR count). The monoisotopic (exact) mass is 268 g/mol. The van der Waals surface area contributed by atoms with Crippen molar-refractivity contribution in [3.63, 3.8) is 0 Å². The van der Waals surface area contributed by atoms with E-state index in [9.17, 15) is 4.79 Å². The van der Waals surface area contributed by atoms with Crippen LogP contribution < -0.4 is 5.73 Å². The molecule has 0 aromatic heterocycles. The zero-order valence-corrected chi connectivity index (χ0v) is 11.8. The van der Waals surface area contributed by atoms with Gasteiger partial charge in [0.25, 0.3) is 0 Å². The molecule has 0 spiro atoms. The van der Waals surface area contributed by atoms with Crippen LogP contribution in [0.3, 0.4) is 0 Å². The van der Waals surface area contributed by atoms with Crippen LogP contribution in [0.25, 0.3) is 10.8 Å². The number of benzene rings is 2. The van der Waals surface area contributed by atoms with Gasteiger partial charge in [-0.2, -0.15) is 0 Å². The summed E-state index contributed by atoms with van der Waals surface area (Å²) >= 11 is 0. The summed E-state index contributed by atoms with van der Waals surface area (Å²) in [4.78, 5) is 14.2. The first-order valence-electron chi connectivity index (χ1n) is 7.20. The van der Waals surface area contributed by atoms with Crippen LogP contribution in [0.2, 0.25) is 0 Å². The highest BCUT2D eigenvalue weighted by atomic mass is 16.2. The lowest BCUT2D eigenvalue weighted by Crippen LogP contribution is -2.36. The number of carbonyl (C=O) groups excluding carboxylic acids is 1. The Labute approximate surface area is 119 Å². The fourth-order valence-electron chi connectivity index (χ4n) is 2.85. The fraction of sp³-hybridized carbons (Fsp3) is 0.353. The number of hydrogen-bond donors (Lipinski definition) is 1. The van der Waals surface area contributed by atoms with Gasteiger partial charge in [0.15, 0.2) is 0 Å². The lowest BCUT2D eigenvalue weighted by molar-refractivity contribution is -0.131. The van der Waals surface area contributed by atoms with Crippen LogP contribution in [0.5, 0.6) is 0 Å². The zero-order valence-electron chi connectivity index (χ0n) is 11.8.